The van der Waals surface area contributed by atoms with Crippen molar-refractivity contribution in [3.63, 3.8) is 0 Å². The van der Waals surface area contributed by atoms with Gasteiger partial charge in [0.15, 0.2) is 10.1 Å². The number of thioether (sulfide) groups is 1. The van der Waals surface area contributed by atoms with Crippen LogP contribution in [0.1, 0.15) is 21.5 Å². The van der Waals surface area contributed by atoms with Crippen LogP contribution in [0.15, 0.2) is 52.9 Å². The van der Waals surface area contributed by atoms with Crippen LogP contribution < -0.4 is 5.32 Å². The number of hydrogen-bond donors (Lipinski definition) is 1. The van der Waals surface area contributed by atoms with Gasteiger partial charge in [-0.05, 0) is 36.8 Å². The fourth-order valence-corrected chi connectivity index (χ4v) is 3.89. The van der Waals surface area contributed by atoms with Crippen molar-refractivity contribution in [3.05, 3.63) is 70.2 Å². The molecular weight excluding hydrogens is 374 g/mol. The van der Waals surface area contributed by atoms with Crippen molar-refractivity contribution < 1.29 is 4.79 Å². The van der Waals surface area contributed by atoms with E-state index in [2.05, 4.69) is 46.7 Å². The lowest BCUT2D eigenvalue weighted by Crippen LogP contribution is -2.13. The number of nitrogens with zero attached hydrogens (tertiary/aromatic N) is 2. The molecule has 0 aliphatic rings. The quantitative estimate of drug-likeness (QED) is 0.450. The second-order valence-corrected chi connectivity index (χ2v) is 8.07. The van der Waals surface area contributed by atoms with Crippen molar-refractivity contribution in [2.75, 3.05) is 11.9 Å². The number of carbonyl (C=O) groups is 1. The number of Topliss-reactive ketones (excluding diaryl/α,β-unsaturated/α-hetero) is 1. The average molecular weight is 390 g/mol. The van der Waals surface area contributed by atoms with E-state index in [4.69, 9.17) is 11.6 Å². The molecule has 0 saturated heterocycles. The summed E-state index contributed by atoms with van der Waals surface area (Å²) in [4.78, 5) is 12.1. The Balaban J connectivity index is 1.50. The van der Waals surface area contributed by atoms with Gasteiger partial charge in [-0.25, -0.2) is 0 Å². The average Bonchev–Trinajstić information content (AvgIpc) is 3.08. The van der Waals surface area contributed by atoms with Crippen LogP contribution in [0.2, 0.25) is 5.02 Å². The Bertz CT molecular complexity index is 848. The highest BCUT2D eigenvalue weighted by atomic mass is 35.5. The van der Waals surface area contributed by atoms with Gasteiger partial charge in [-0.15, -0.1) is 10.2 Å². The fourth-order valence-electron chi connectivity index (χ4n) is 2.06. The van der Waals surface area contributed by atoms with Crippen LogP contribution in [0.25, 0.3) is 0 Å². The van der Waals surface area contributed by atoms with E-state index < -0.39 is 0 Å². The van der Waals surface area contributed by atoms with Gasteiger partial charge in [0.25, 0.3) is 0 Å². The highest BCUT2D eigenvalue weighted by molar-refractivity contribution is 8.00. The van der Waals surface area contributed by atoms with Crippen molar-refractivity contribution in [1.82, 2.24) is 10.2 Å². The van der Waals surface area contributed by atoms with Crippen LogP contribution in [0.4, 0.5) is 5.13 Å². The third-order valence-electron chi connectivity index (χ3n) is 3.46. The molecule has 0 spiro atoms. The van der Waals surface area contributed by atoms with E-state index in [0.717, 1.165) is 10.1 Å². The molecule has 0 aliphatic carbocycles. The van der Waals surface area contributed by atoms with Gasteiger partial charge in [0.2, 0.25) is 5.13 Å². The maximum absolute atomic E-state index is 12.1. The van der Waals surface area contributed by atoms with Gasteiger partial charge in [-0.3, -0.25) is 4.79 Å². The first-order valence-electron chi connectivity index (χ1n) is 7.64. The number of nitrogens with one attached hydrogen (secondary N) is 1. The Morgan fingerprint density at radius 2 is 1.84 bits per heavy atom. The molecule has 0 fully saturated rings. The molecule has 7 heteroatoms. The first kappa shape index (κ1) is 17.9. The van der Waals surface area contributed by atoms with E-state index in [0.29, 0.717) is 15.7 Å². The molecule has 0 saturated carbocycles. The Labute approximate surface area is 159 Å². The third-order valence-corrected chi connectivity index (χ3v) is 5.79. The van der Waals surface area contributed by atoms with Crippen molar-refractivity contribution >= 4 is 45.6 Å². The van der Waals surface area contributed by atoms with E-state index in [9.17, 15) is 4.79 Å². The topological polar surface area (TPSA) is 54.9 Å². The van der Waals surface area contributed by atoms with Gasteiger partial charge in [0.1, 0.15) is 0 Å². The van der Waals surface area contributed by atoms with Crippen LogP contribution in [-0.2, 0) is 5.75 Å². The Hall–Kier alpha value is -1.89. The van der Waals surface area contributed by atoms with Crippen molar-refractivity contribution in [1.29, 1.82) is 0 Å². The number of ketones is 1. The molecule has 0 bridgehead atoms. The summed E-state index contributed by atoms with van der Waals surface area (Å²) in [5, 5.41) is 12.5. The normalized spacial score (nSPS) is 10.6. The lowest BCUT2D eigenvalue weighted by atomic mass is 10.1. The summed E-state index contributed by atoms with van der Waals surface area (Å²) in [5.41, 5.74) is 3.12. The van der Waals surface area contributed by atoms with Crippen LogP contribution in [0.5, 0.6) is 0 Å². The van der Waals surface area contributed by atoms with Gasteiger partial charge in [0.05, 0.1) is 6.54 Å². The number of halogens is 1. The van der Waals surface area contributed by atoms with Gasteiger partial charge in [-0.2, -0.15) is 0 Å². The fraction of sp³-hybridized carbons (Fsp3) is 0.167. The monoisotopic (exact) mass is 389 g/mol. The smallest absolute Gasteiger partial charge is 0.206 e. The molecule has 1 N–H and O–H groups in total. The first-order valence-corrected chi connectivity index (χ1v) is 9.82. The molecule has 25 heavy (non-hydrogen) atoms. The van der Waals surface area contributed by atoms with E-state index in [1.807, 2.05) is 0 Å². The molecule has 0 amide bonds. The predicted molar refractivity (Wildman–Crippen MR) is 105 cm³/mol. The van der Waals surface area contributed by atoms with Crippen molar-refractivity contribution in [2.45, 2.75) is 17.0 Å². The SMILES string of the molecule is Cc1ccc(CSc2nnc(NCC(=O)c3ccc(Cl)cc3)s2)cc1. The lowest BCUT2D eigenvalue weighted by Gasteiger charge is -2.02. The van der Waals surface area contributed by atoms with Gasteiger partial charge >= 0.3 is 0 Å². The van der Waals surface area contributed by atoms with Crippen LogP contribution in [-0.4, -0.2) is 22.5 Å². The zero-order valence-corrected chi connectivity index (χ0v) is 15.9. The molecule has 4 nitrogen and oxygen atoms in total. The summed E-state index contributed by atoms with van der Waals surface area (Å²) in [6.45, 7) is 2.25. The van der Waals surface area contributed by atoms with Gasteiger partial charge < -0.3 is 5.32 Å². The molecule has 0 atom stereocenters. The highest BCUT2D eigenvalue weighted by Gasteiger charge is 2.09. The van der Waals surface area contributed by atoms with Gasteiger partial charge in [-0.1, -0.05) is 64.5 Å². The minimum atomic E-state index is -0.0132. The molecule has 1 aromatic heterocycles. The first-order chi connectivity index (χ1) is 12.1. The van der Waals surface area contributed by atoms with Gasteiger partial charge in [0, 0.05) is 16.3 Å². The summed E-state index contributed by atoms with van der Waals surface area (Å²) in [7, 11) is 0. The minimum Gasteiger partial charge on any atom is -0.353 e. The van der Waals surface area contributed by atoms with E-state index >= 15 is 0 Å². The number of aryl methyl sites for hydroxylation is 1. The number of aromatic nitrogens is 2. The van der Waals surface area contributed by atoms with E-state index in [-0.39, 0.29) is 12.3 Å². The Kier molecular flexibility index (Phi) is 6.07. The van der Waals surface area contributed by atoms with Crippen LogP contribution in [0.3, 0.4) is 0 Å². The van der Waals surface area contributed by atoms with Crippen LogP contribution >= 0.6 is 34.7 Å². The number of anilines is 1. The lowest BCUT2D eigenvalue weighted by molar-refractivity contribution is 0.101. The van der Waals surface area contributed by atoms with E-state index in [1.54, 1.807) is 36.0 Å². The molecule has 2 aromatic carbocycles. The molecule has 1 heterocycles. The van der Waals surface area contributed by atoms with Crippen molar-refractivity contribution in [3.8, 4) is 0 Å². The summed E-state index contributed by atoms with van der Waals surface area (Å²) < 4.78 is 0.877. The van der Waals surface area contributed by atoms with Crippen LogP contribution in [0, 0.1) is 6.92 Å². The number of hydrogen-bond acceptors (Lipinski definition) is 6. The summed E-state index contributed by atoms with van der Waals surface area (Å²) >= 11 is 8.92. The Morgan fingerprint density at radius 1 is 1.12 bits per heavy atom. The standard InChI is InChI=1S/C18H16ClN3OS2/c1-12-2-4-13(5-3-12)11-24-18-22-21-17(25-18)20-10-16(23)14-6-8-15(19)9-7-14/h2-9H,10-11H2,1H3,(H,20,21). The second-order valence-electron chi connectivity index (χ2n) is 5.43. The predicted octanol–water partition coefficient (Wildman–Crippen LogP) is 5.09. The highest BCUT2D eigenvalue weighted by Crippen LogP contribution is 2.28. The van der Waals surface area contributed by atoms with Crippen molar-refractivity contribution in [2.24, 2.45) is 0 Å². The summed E-state index contributed by atoms with van der Waals surface area (Å²) in [6, 6.07) is 15.3. The number of carbonyl (C=O) groups excluding carboxylic acids is 1. The van der Waals surface area contributed by atoms with E-state index in [1.165, 1.54) is 22.5 Å². The molecule has 3 rings (SSSR count). The zero-order valence-electron chi connectivity index (χ0n) is 13.5. The maximum Gasteiger partial charge on any atom is 0.206 e. The summed E-state index contributed by atoms with van der Waals surface area (Å²) in [6.07, 6.45) is 0. The largest absolute Gasteiger partial charge is 0.353 e. The molecule has 0 radical (unpaired) electrons. The molecular formula is C18H16ClN3OS2. The molecule has 0 aliphatic heterocycles. The zero-order chi connectivity index (χ0) is 17.6. The number of benzene rings is 2. The summed E-state index contributed by atoms with van der Waals surface area (Å²) in [5.74, 6) is 0.833. The maximum atomic E-state index is 12.1. The molecule has 3 aromatic rings. The molecule has 128 valence electrons. The molecule has 0 unspecified atom stereocenters. The minimum absolute atomic E-state index is 0.0132. The Morgan fingerprint density at radius 3 is 2.56 bits per heavy atom. The second kappa shape index (κ2) is 8.47. The third kappa shape index (κ3) is 5.29. The number of rotatable bonds is 7.